The Balaban J connectivity index is 1.49. The number of thioether (sulfide) groups is 1. The molecule has 1 aliphatic rings. The number of anilines is 1. The van der Waals surface area contributed by atoms with E-state index in [0.29, 0.717) is 28.0 Å². The number of hydrogen-bond donors (Lipinski definition) is 1. The summed E-state index contributed by atoms with van der Waals surface area (Å²) in [5.41, 5.74) is 2.18. The predicted molar refractivity (Wildman–Crippen MR) is 114 cm³/mol. The van der Waals surface area contributed by atoms with Crippen molar-refractivity contribution in [1.82, 2.24) is 14.8 Å². The summed E-state index contributed by atoms with van der Waals surface area (Å²) in [5, 5.41) is 8.13. The largest absolute Gasteiger partial charge is 0.454 e. The zero-order valence-corrected chi connectivity index (χ0v) is 17.3. The van der Waals surface area contributed by atoms with Gasteiger partial charge in [0.15, 0.2) is 11.5 Å². The highest BCUT2D eigenvalue weighted by molar-refractivity contribution is 7.98. The minimum absolute atomic E-state index is 0.191. The second-order valence-electron chi connectivity index (χ2n) is 6.44. The molecule has 1 N–H and O–H groups in total. The molecule has 29 heavy (non-hydrogen) atoms. The van der Waals surface area contributed by atoms with Gasteiger partial charge in [-0.1, -0.05) is 17.4 Å². The molecule has 5 rings (SSSR count). The molecule has 0 spiro atoms. The summed E-state index contributed by atoms with van der Waals surface area (Å²) in [7, 11) is 0. The Morgan fingerprint density at radius 1 is 1.21 bits per heavy atom. The number of aryl methyl sites for hydroxylation is 1. The van der Waals surface area contributed by atoms with Crippen molar-refractivity contribution in [1.29, 1.82) is 0 Å². The smallest absolute Gasteiger partial charge is 0.256 e. The molecule has 0 saturated heterocycles. The summed E-state index contributed by atoms with van der Waals surface area (Å²) in [6, 6.07) is 13.1. The van der Waals surface area contributed by atoms with Crippen molar-refractivity contribution < 1.29 is 14.3 Å². The first-order chi connectivity index (χ1) is 14.1. The maximum Gasteiger partial charge on any atom is 0.256 e. The van der Waals surface area contributed by atoms with Gasteiger partial charge in [-0.25, -0.2) is 4.98 Å². The van der Waals surface area contributed by atoms with Crippen molar-refractivity contribution in [3.63, 3.8) is 0 Å². The molecule has 7 nitrogen and oxygen atoms in total. The molecule has 0 fully saturated rings. The summed E-state index contributed by atoms with van der Waals surface area (Å²) >= 11 is 3.07. The maximum atomic E-state index is 12.8. The number of hydrogen-bond acceptors (Lipinski definition) is 7. The van der Waals surface area contributed by atoms with E-state index in [-0.39, 0.29) is 12.7 Å². The number of fused-ring (bicyclic) bond motifs is 2. The van der Waals surface area contributed by atoms with Crippen molar-refractivity contribution in [3.8, 4) is 16.6 Å². The molecular formula is C20H16N4O3S2. The van der Waals surface area contributed by atoms with E-state index in [0.717, 1.165) is 20.8 Å². The first kappa shape index (κ1) is 18.0. The lowest BCUT2D eigenvalue weighted by molar-refractivity contribution is 0.102. The van der Waals surface area contributed by atoms with E-state index in [4.69, 9.17) is 9.47 Å². The van der Waals surface area contributed by atoms with Gasteiger partial charge in [0.2, 0.25) is 11.9 Å². The molecule has 9 heteroatoms. The summed E-state index contributed by atoms with van der Waals surface area (Å²) < 4.78 is 13.5. The highest BCUT2D eigenvalue weighted by Gasteiger charge is 2.19. The third kappa shape index (κ3) is 3.32. The Morgan fingerprint density at radius 2 is 2.03 bits per heavy atom. The van der Waals surface area contributed by atoms with Crippen LogP contribution >= 0.6 is 23.1 Å². The average molecular weight is 425 g/mol. The third-order valence-electron chi connectivity index (χ3n) is 4.46. The Kier molecular flexibility index (Phi) is 4.40. The molecule has 0 radical (unpaired) electrons. The lowest BCUT2D eigenvalue weighted by Gasteiger charge is -2.07. The van der Waals surface area contributed by atoms with E-state index in [2.05, 4.69) is 15.4 Å². The first-order valence-electron chi connectivity index (χ1n) is 8.83. The van der Waals surface area contributed by atoms with Gasteiger partial charge in [-0.15, -0.1) is 11.8 Å². The van der Waals surface area contributed by atoms with Gasteiger partial charge in [-0.3, -0.25) is 4.79 Å². The summed E-state index contributed by atoms with van der Waals surface area (Å²) in [6.07, 6.45) is 1.98. The topological polar surface area (TPSA) is 78.3 Å². The van der Waals surface area contributed by atoms with Gasteiger partial charge in [0.25, 0.3) is 5.91 Å². The number of carbonyl (C=O) groups excluding carboxylic acids is 1. The van der Waals surface area contributed by atoms with Crippen LogP contribution in [0.3, 0.4) is 0 Å². The van der Waals surface area contributed by atoms with Crippen LogP contribution in [0, 0.1) is 6.92 Å². The number of rotatable bonds is 4. The molecule has 146 valence electrons. The molecular weight excluding hydrogens is 408 g/mol. The second-order valence-corrected chi connectivity index (χ2v) is 8.33. The van der Waals surface area contributed by atoms with Crippen molar-refractivity contribution in [2.45, 2.75) is 11.8 Å². The fourth-order valence-corrected chi connectivity index (χ4v) is 4.48. The predicted octanol–water partition coefficient (Wildman–Crippen LogP) is 4.49. The van der Waals surface area contributed by atoms with Gasteiger partial charge >= 0.3 is 0 Å². The molecule has 4 aromatic rings. The number of ether oxygens (including phenoxy) is 2. The van der Waals surface area contributed by atoms with E-state index >= 15 is 0 Å². The molecule has 2 aromatic heterocycles. The number of benzene rings is 2. The molecule has 1 amide bonds. The zero-order chi connectivity index (χ0) is 20.0. The fourth-order valence-electron chi connectivity index (χ4n) is 3.08. The molecule has 0 aliphatic carbocycles. The van der Waals surface area contributed by atoms with E-state index in [9.17, 15) is 4.79 Å². The van der Waals surface area contributed by atoms with Crippen molar-refractivity contribution in [2.24, 2.45) is 0 Å². The Labute approximate surface area is 174 Å². The number of nitrogens with one attached hydrogen (secondary N) is 1. The van der Waals surface area contributed by atoms with Crippen LogP contribution in [0.15, 0.2) is 47.4 Å². The number of amides is 1. The molecule has 2 aromatic carbocycles. The van der Waals surface area contributed by atoms with Crippen molar-refractivity contribution in [2.75, 3.05) is 18.4 Å². The van der Waals surface area contributed by atoms with Crippen LogP contribution in [0.5, 0.6) is 11.5 Å². The van der Waals surface area contributed by atoms with E-state index in [1.54, 1.807) is 22.5 Å². The van der Waals surface area contributed by atoms with Crippen molar-refractivity contribution >= 4 is 45.0 Å². The standard InChI is InChI=1S/C20H16N4O3S2/c1-11-6-18(22-19(25)12-4-3-5-13(7-12)28-2)24(23-11)20-21-14-8-15-16(27-10-26-15)9-17(14)29-20/h3-9H,10H2,1-2H3,(H,22,25). The van der Waals surface area contributed by atoms with Crippen LogP contribution in [-0.2, 0) is 0 Å². The average Bonchev–Trinajstić information content (AvgIpc) is 3.43. The van der Waals surface area contributed by atoms with Crippen molar-refractivity contribution in [3.05, 3.63) is 53.7 Å². The minimum atomic E-state index is -0.191. The number of nitrogens with zero attached hydrogens (tertiary/aromatic N) is 3. The molecule has 0 unspecified atom stereocenters. The number of thiazole rings is 1. The van der Waals surface area contributed by atoms with Crippen LogP contribution in [0.2, 0.25) is 0 Å². The molecule has 1 aliphatic heterocycles. The minimum Gasteiger partial charge on any atom is -0.454 e. The maximum absolute atomic E-state index is 12.8. The molecule has 0 atom stereocenters. The zero-order valence-electron chi connectivity index (χ0n) is 15.6. The lowest BCUT2D eigenvalue weighted by Crippen LogP contribution is -2.15. The van der Waals surface area contributed by atoms with Gasteiger partial charge in [0.1, 0.15) is 5.82 Å². The monoisotopic (exact) mass is 424 g/mol. The van der Waals surface area contributed by atoms with E-state index in [1.165, 1.54) is 11.3 Å². The molecule has 0 bridgehead atoms. The van der Waals surface area contributed by atoms with E-state index < -0.39 is 0 Å². The van der Waals surface area contributed by atoms with Gasteiger partial charge in [-0.2, -0.15) is 9.78 Å². The summed E-state index contributed by atoms with van der Waals surface area (Å²) in [4.78, 5) is 18.5. The highest BCUT2D eigenvalue weighted by atomic mass is 32.2. The first-order valence-corrected chi connectivity index (χ1v) is 10.9. The highest BCUT2D eigenvalue weighted by Crippen LogP contribution is 2.39. The van der Waals surface area contributed by atoms with Gasteiger partial charge in [-0.05, 0) is 31.4 Å². The SMILES string of the molecule is CSc1cccc(C(=O)Nc2cc(C)nn2-c2nc3cc4c(cc3s2)OCO4)c1. The van der Waals surface area contributed by atoms with Gasteiger partial charge in [0, 0.05) is 28.7 Å². The van der Waals surface area contributed by atoms with Crippen LogP contribution < -0.4 is 14.8 Å². The van der Waals surface area contributed by atoms with Crippen LogP contribution in [-0.4, -0.2) is 33.7 Å². The Morgan fingerprint density at radius 3 is 2.86 bits per heavy atom. The molecule has 0 saturated carbocycles. The van der Waals surface area contributed by atoms with Gasteiger partial charge in [0.05, 0.1) is 15.9 Å². The second kappa shape index (κ2) is 7.09. The quantitative estimate of drug-likeness (QED) is 0.486. The van der Waals surface area contributed by atoms with Crippen LogP contribution in [0.4, 0.5) is 5.82 Å². The summed E-state index contributed by atoms with van der Waals surface area (Å²) in [6.45, 7) is 2.11. The number of carbonyl (C=O) groups is 1. The Hall–Kier alpha value is -3.04. The lowest BCUT2D eigenvalue weighted by atomic mass is 10.2. The summed E-state index contributed by atoms with van der Waals surface area (Å²) in [5.74, 6) is 1.78. The third-order valence-corrected chi connectivity index (χ3v) is 6.18. The van der Waals surface area contributed by atoms with Gasteiger partial charge < -0.3 is 14.8 Å². The molecule has 3 heterocycles. The number of aromatic nitrogens is 3. The normalized spacial score (nSPS) is 12.5. The van der Waals surface area contributed by atoms with Crippen LogP contribution in [0.25, 0.3) is 15.3 Å². The Bertz CT molecular complexity index is 1210. The van der Waals surface area contributed by atoms with E-state index in [1.807, 2.05) is 49.6 Å². The van der Waals surface area contributed by atoms with Crippen LogP contribution in [0.1, 0.15) is 16.1 Å². The fraction of sp³-hybridized carbons (Fsp3) is 0.150.